The average Bonchev–Trinajstić information content (AvgIpc) is 2.66. The van der Waals surface area contributed by atoms with Crippen molar-refractivity contribution in [3.63, 3.8) is 0 Å². The zero-order valence-electron chi connectivity index (χ0n) is 10.9. The fourth-order valence-corrected chi connectivity index (χ4v) is 4.38. The first-order valence-electron chi connectivity index (χ1n) is 6.10. The highest BCUT2D eigenvalue weighted by molar-refractivity contribution is 7.91. The number of nitrogens with zero attached hydrogens (tertiary/aromatic N) is 1. The predicted molar refractivity (Wildman–Crippen MR) is 68.1 cm³/mol. The van der Waals surface area contributed by atoms with Crippen LogP contribution in [0.4, 0.5) is 13.2 Å². The van der Waals surface area contributed by atoms with Crippen LogP contribution in [0.3, 0.4) is 0 Å². The third-order valence-electron chi connectivity index (χ3n) is 3.32. The third-order valence-corrected chi connectivity index (χ3v) is 5.14. The van der Waals surface area contributed by atoms with E-state index in [4.69, 9.17) is 0 Å². The molecule has 4 nitrogen and oxygen atoms in total. The average molecular weight is 319 g/mol. The molecule has 1 aliphatic rings. The summed E-state index contributed by atoms with van der Waals surface area (Å²) in [6.07, 6.45) is -4.32. The van der Waals surface area contributed by atoms with E-state index in [-0.39, 0.29) is 30.1 Å². The molecule has 1 heterocycles. The molecule has 1 aliphatic heterocycles. The van der Waals surface area contributed by atoms with E-state index in [1.807, 2.05) is 6.07 Å². The van der Waals surface area contributed by atoms with Crippen molar-refractivity contribution in [2.24, 2.45) is 5.41 Å². The van der Waals surface area contributed by atoms with Gasteiger partial charge < -0.3 is 4.74 Å². The summed E-state index contributed by atoms with van der Waals surface area (Å²) in [6.45, 7) is 0. The number of nitriles is 1. The van der Waals surface area contributed by atoms with Crippen molar-refractivity contribution < 1.29 is 26.3 Å². The molecule has 0 aliphatic carbocycles. The number of alkyl halides is 3. The molecule has 1 aromatic carbocycles. The molecular formula is C13H12F3NO3S. The minimum atomic E-state index is -4.76. The van der Waals surface area contributed by atoms with Crippen molar-refractivity contribution >= 4 is 9.84 Å². The molecule has 21 heavy (non-hydrogen) atoms. The van der Waals surface area contributed by atoms with Gasteiger partial charge in [0.25, 0.3) is 0 Å². The van der Waals surface area contributed by atoms with E-state index in [9.17, 15) is 26.9 Å². The van der Waals surface area contributed by atoms with E-state index in [0.29, 0.717) is 5.56 Å². The Kier molecular flexibility index (Phi) is 3.89. The van der Waals surface area contributed by atoms with E-state index in [2.05, 4.69) is 4.74 Å². The third kappa shape index (κ3) is 4.11. The van der Waals surface area contributed by atoms with Crippen LogP contribution in [0.25, 0.3) is 0 Å². The smallest absolute Gasteiger partial charge is 0.406 e. The molecule has 1 unspecified atom stereocenters. The molecule has 0 spiro atoms. The van der Waals surface area contributed by atoms with Gasteiger partial charge in [-0.1, -0.05) is 12.1 Å². The summed E-state index contributed by atoms with van der Waals surface area (Å²) in [4.78, 5) is 0. The van der Waals surface area contributed by atoms with Gasteiger partial charge in [0.05, 0.1) is 23.0 Å². The lowest BCUT2D eigenvalue weighted by atomic mass is 9.83. The fraction of sp³-hybridized carbons (Fsp3) is 0.462. The van der Waals surface area contributed by atoms with Gasteiger partial charge in [0.1, 0.15) is 5.75 Å². The van der Waals surface area contributed by atoms with Gasteiger partial charge in [-0.05, 0) is 30.5 Å². The second-order valence-corrected chi connectivity index (χ2v) is 7.29. The molecule has 2 rings (SSSR count). The monoisotopic (exact) mass is 319 g/mol. The van der Waals surface area contributed by atoms with Crippen LogP contribution >= 0.6 is 0 Å². The summed E-state index contributed by atoms with van der Waals surface area (Å²) in [5, 5.41) is 9.23. The Balaban J connectivity index is 2.12. The summed E-state index contributed by atoms with van der Waals surface area (Å²) in [5.74, 6) is -0.594. The van der Waals surface area contributed by atoms with Gasteiger partial charge in [-0.15, -0.1) is 13.2 Å². The maximum absolute atomic E-state index is 12.0. The van der Waals surface area contributed by atoms with Crippen LogP contribution in [0.2, 0.25) is 0 Å². The van der Waals surface area contributed by atoms with Crippen molar-refractivity contribution in [3.8, 4) is 11.8 Å². The molecule has 8 heteroatoms. The van der Waals surface area contributed by atoms with Crippen molar-refractivity contribution in [3.05, 3.63) is 29.8 Å². The Morgan fingerprint density at radius 3 is 2.33 bits per heavy atom. The highest BCUT2D eigenvalue weighted by Crippen LogP contribution is 2.35. The molecule has 0 N–H and O–H groups in total. The van der Waals surface area contributed by atoms with Crippen molar-refractivity contribution in [1.82, 2.24) is 0 Å². The highest BCUT2D eigenvalue weighted by Gasteiger charge is 2.42. The van der Waals surface area contributed by atoms with Gasteiger partial charge in [0.2, 0.25) is 0 Å². The summed E-state index contributed by atoms with van der Waals surface area (Å²) in [5.41, 5.74) is -0.395. The lowest BCUT2D eigenvalue weighted by Gasteiger charge is -2.18. The summed E-state index contributed by atoms with van der Waals surface area (Å²) >= 11 is 0. The maximum atomic E-state index is 12.0. The minimum Gasteiger partial charge on any atom is -0.406 e. The largest absolute Gasteiger partial charge is 0.573 e. The normalized spacial score (nSPS) is 24.5. The van der Waals surface area contributed by atoms with Gasteiger partial charge in [0, 0.05) is 0 Å². The Labute approximate surface area is 120 Å². The number of hydrogen-bond acceptors (Lipinski definition) is 4. The number of benzene rings is 1. The molecule has 114 valence electrons. The van der Waals surface area contributed by atoms with E-state index >= 15 is 0 Å². The first-order valence-corrected chi connectivity index (χ1v) is 7.92. The van der Waals surface area contributed by atoms with Gasteiger partial charge in [-0.3, -0.25) is 0 Å². The molecule has 1 aromatic rings. The Bertz CT molecular complexity index is 661. The molecule has 1 saturated heterocycles. The molecule has 0 saturated carbocycles. The van der Waals surface area contributed by atoms with Crippen LogP contribution in [-0.2, 0) is 16.3 Å². The van der Waals surface area contributed by atoms with Crippen LogP contribution in [0, 0.1) is 16.7 Å². The maximum Gasteiger partial charge on any atom is 0.573 e. The first kappa shape index (κ1) is 15.6. The second-order valence-electron chi connectivity index (χ2n) is 5.10. The van der Waals surface area contributed by atoms with E-state index in [1.165, 1.54) is 12.1 Å². The zero-order valence-corrected chi connectivity index (χ0v) is 11.7. The van der Waals surface area contributed by atoms with E-state index in [1.54, 1.807) is 0 Å². The van der Waals surface area contributed by atoms with Crippen molar-refractivity contribution in [1.29, 1.82) is 5.26 Å². The van der Waals surface area contributed by atoms with Gasteiger partial charge >= 0.3 is 6.36 Å². The number of rotatable bonds is 3. The first-order chi connectivity index (χ1) is 9.63. The quantitative estimate of drug-likeness (QED) is 0.858. The Morgan fingerprint density at radius 2 is 1.90 bits per heavy atom. The zero-order chi connectivity index (χ0) is 15.7. The predicted octanol–water partition coefficient (Wildman–Crippen LogP) is 2.46. The van der Waals surface area contributed by atoms with Crippen molar-refractivity contribution in [2.75, 3.05) is 11.5 Å². The topological polar surface area (TPSA) is 67.2 Å². The van der Waals surface area contributed by atoms with Crippen LogP contribution in [0.15, 0.2) is 24.3 Å². The summed E-state index contributed by atoms with van der Waals surface area (Å²) in [6, 6.07) is 7.16. The summed E-state index contributed by atoms with van der Waals surface area (Å²) < 4.78 is 62.9. The molecule has 0 aromatic heterocycles. The lowest BCUT2D eigenvalue weighted by Crippen LogP contribution is -2.23. The van der Waals surface area contributed by atoms with Gasteiger partial charge in [-0.25, -0.2) is 8.42 Å². The van der Waals surface area contributed by atoms with E-state index in [0.717, 1.165) is 12.1 Å². The van der Waals surface area contributed by atoms with Gasteiger partial charge in [-0.2, -0.15) is 5.26 Å². The van der Waals surface area contributed by atoms with Gasteiger partial charge in [0.15, 0.2) is 9.84 Å². The van der Waals surface area contributed by atoms with Crippen LogP contribution in [0.1, 0.15) is 12.0 Å². The molecule has 1 fully saturated rings. The molecular weight excluding hydrogens is 307 g/mol. The number of sulfone groups is 1. The minimum absolute atomic E-state index is 0.0319. The number of ether oxygens (including phenoxy) is 1. The Morgan fingerprint density at radius 1 is 1.29 bits per heavy atom. The Hall–Kier alpha value is -1.75. The van der Waals surface area contributed by atoms with Crippen LogP contribution in [0.5, 0.6) is 5.75 Å². The second kappa shape index (κ2) is 5.22. The molecule has 0 amide bonds. The fourth-order valence-electron chi connectivity index (χ4n) is 2.38. The standard InChI is InChI=1S/C13H12F3NO3S/c14-13(15,16)20-11-3-1-10(2-4-11)7-12(8-17)5-6-21(18,19)9-12/h1-4H,5-7,9H2. The van der Waals surface area contributed by atoms with Crippen molar-refractivity contribution in [2.45, 2.75) is 19.2 Å². The SMILES string of the molecule is N#CC1(Cc2ccc(OC(F)(F)F)cc2)CCS(=O)(=O)C1. The number of halogens is 3. The highest BCUT2D eigenvalue weighted by atomic mass is 32.2. The van der Waals surface area contributed by atoms with E-state index < -0.39 is 21.6 Å². The lowest BCUT2D eigenvalue weighted by molar-refractivity contribution is -0.274. The molecule has 1 atom stereocenters. The number of hydrogen-bond donors (Lipinski definition) is 0. The molecule has 0 radical (unpaired) electrons. The van der Waals surface area contributed by atoms with Crippen LogP contribution in [-0.4, -0.2) is 26.3 Å². The summed E-state index contributed by atoms with van der Waals surface area (Å²) in [7, 11) is -3.21. The van der Waals surface area contributed by atoms with Crippen LogP contribution < -0.4 is 4.74 Å². The molecule has 0 bridgehead atoms.